The Kier molecular flexibility index (Phi) is 7.94. The summed E-state index contributed by atoms with van der Waals surface area (Å²) in [6.07, 6.45) is 4.46. The van der Waals surface area contributed by atoms with Crippen LogP contribution in [0.5, 0.6) is 0 Å². The molecule has 0 saturated carbocycles. The minimum Gasteiger partial charge on any atom is -0.388 e. The topological polar surface area (TPSA) is 70.2 Å². The molecule has 5 nitrogen and oxygen atoms in total. The summed E-state index contributed by atoms with van der Waals surface area (Å²) in [4.78, 5) is 22.9. The maximum atomic E-state index is 11.9. The van der Waals surface area contributed by atoms with E-state index in [1.54, 1.807) is 7.05 Å². The van der Waals surface area contributed by atoms with Crippen molar-refractivity contribution in [2.75, 3.05) is 26.0 Å². The zero-order valence-corrected chi connectivity index (χ0v) is 12.9. The molecular formula is C16H25N3O2. The summed E-state index contributed by atoms with van der Waals surface area (Å²) in [5.74, 6) is 0.0522. The van der Waals surface area contributed by atoms with Crippen molar-refractivity contribution in [3.63, 3.8) is 0 Å². The predicted octanol–water partition coefficient (Wildman–Crippen LogP) is 2.15. The minimum atomic E-state index is -0.0389. The monoisotopic (exact) mass is 291 g/mol. The van der Waals surface area contributed by atoms with Crippen molar-refractivity contribution in [3.8, 4) is 0 Å². The van der Waals surface area contributed by atoms with Gasteiger partial charge in [0, 0.05) is 38.3 Å². The molecule has 0 aliphatic rings. The van der Waals surface area contributed by atoms with Gasteiger partial charge in [0.15, 0.2) is 0 Å². The maximum Gasteiger partial charge on any atom is 0.251 e. The molecule has 1 aromatic carbocycles. The van der Waals surface area contributed by atoms with Crippen LogP contribution in [0.15, 0.2) is 24.3 Å². The number of benzene rings is 1. The molecule has 3 N–H and O–H groups in total. The van der Waals surface area contributed by atoms with Gasteiger partial charge in [0.1, 0.15) is 0 Å². The van der Waals surface area contributed by atoms with Crippen molar-refractivity contribution in [1.82, 2.24) is 10.6 Å². The highest BCUT2D eigenvalue weighted by molar-refractivity contribution is 5.94. The first-order chi connectivity index (χ1) is 10.2. The Bertz CT molecular complexity index is 443. The van der Waals surface area contributed by atoms with Gasteiger partial charge in [-0.05, 0) is 37.1 Å². The van der Waals surface area contributed by atoms with E-state index < -0.39 is 0 Å². The Morgan fingerprint density at radius 1 is 0.952 bits per heavy atom. The lowest BCUT2D eigenvalue weighted by atomic mass is 10.1. The third kappa shape index (κ3) is 6.79. The molecule has 21 heavy (non-hydrogen) atoms. The Labute approximate surface area is 126 Å². The lowest BCUT2D eigenvalue weighted by molar-refractivity contribution is -0.120. The molecule has 1 aromatic rings. The number of carbonyl (C=O) groups is 2. The molecule has 0 heterocycles. The van der Waals surface area contributed by atoms with Crippen LogP contribution < -0.4 is 16.0 Å². The molecule has 0 aliphatic heterocycles. The fourth-order valence-electron chi connectivity index (χ4n) is 1.98. The van der Waals surface area contributed by atoms with Gasteiger partial charge in [-0.25, -0.2) is 0 Å². The molecule has 0 fully saturated rings. The second-order valence-corrected chi connectivity index (χ2v) is 4.92. The summed E-state index contributed by atoms with van der Waals surface area (Å²) in [5.41, 5.74) is 1.66. The fourth-order valence-corrected chi connectivity index (χ4v) is 1.98. The number of amides is 2. The van der Waals surface area contributed by atoms with Gasteiger partial charge in [0.05, 0.1) is 0 Å². The van der Waals surface area contributed by atoms with Crippen molar-refractivity contribution >= 4 is 17.5 Å². The van der Waals surface area contributed by atoms with Gasteiger partial charge in [-0.1, -0.05) is 12.8 Å². The van der Waals surface area contributed by atoms with Crippen molar-refractivity contribution in [2.24, 2.45) is 0 Å². The lowest BCUT2D eigenvalue weighted by Gasteiger charge is -2.06. The molecule has 1 rings (SSSR count). The summed E-state index contributed by atoms with van der Waals surface area (Å²) >= 11 is 0. The summed E-state index contributed by atoms with van der Waals surface area (Å²) in [7, 11) is 3.50. The first-order valence-electron chi connectivity index (χ1n) is 7.44. The van der Waals surface area contributed by atoms with Gasteiger partial charge in [0.25, 0.3) is 5.91 Å². The molecule has 0 aliphatic carbocycles. The average Bonchev–Trinajstić information content (AvgIpc) is 2.53. The molecule has 0 saturated heterocycles. The van der Waals surface area contributed by atoms with E-state index in [1.165, 1.54) is 0 Å². The van der Waals surface area contributed by atoms with E-state index in [2.05, 4.69) is 16.0 Å². The van der Waals surface area contributed by atoms with Crippen LogP contribution in [0.3, 0.4) is 0 Å². The second-order valence-electron chi connectivity index (χ2n) is 4.92. The number of carbonyl (C=O) groups excluding carboxylic acids is 2. The van der Waals surface area contributed by atoms with E-state index in [-0.39, 0.29) is 11.8 Å². The molecular weight excluding hydrogens is 266 g/mol. The molecule has 5 heteroatoms. The van der Waals surface area contributed by atoms with E-state index in [9.17, 15) is 9.59 Å². The zero-order valence-electron chi connectivity index (χ0n) is 12.9. The van der Waals surface area contributed by atoms with E-state index in [1.807, 2.05) is 31.3 Å². The number of hydrogen-bond donors (Lipinski definition) is 3. The smallest absolute Gasteiger partial charge is 0.251 e. The highest BCUT2D eigenvalue weighted by Crippen LogP contribution is 2.08. The molecule has 116 valence electrons. The molecule has 0 unspecified atom stereocenters. The summed E-state index contributed by atoms with van der Waals surface area (Å²) < 4.78 is 0. The largest absolute Gasteiger partial charge is 0.388 e. The van der Waals surface area contributed by atoms with Crippen LogP contribution in [-0.4, -0.2) is 32.5 Å². The number of rotatable bonds is 9. The van der Waals surface area contributed by atoms with Gasteiger partial charge >= 0.3 is 0 Å². The highest BCUT2D eigenvalue weighted by Gasteiger charge is 2.04. The lowest BCUT2D eigenvalue weighted by Crippen LogP contribution is -2.24. The Morgan fingerprint density at radius 2 is 1.62 bits per heavy atom. The van der Waals surface area contributed by atoms with E-state index in [0.717, 1.165) is 31.4 Å². The van der Waals surface area contributed by atoms with Crippen molar-refractivity contribution in [3.05, 3.63) is 29.8 Å². The number of unbranched alkanes of at least 4 members (excludes halogenated alkanes) is 3. The van der Waals surface area contributed by atoms with Crippen LogP contribution in [0.1, 0.15) is 42.5 Å². The van der Waals surface area contributed by atoms with Gasteiger partial charge in [-0.2, -0.15) is 0 Å². The second kappa shape index (κ2) is 9.80. The van der Waals surface area contributed by atoms with Crippen LogP contribution >= 0.6 is 0 Å². The van der Waals surface area contributed by atoms with Crippen LogP contribution in [0.25, 0.3) is 0 Å². The van der Waals surface area contributed by atoms with Gasteiger partial charge in [-0.15, -0.1) is 0 Å². The molecule has 0 spiro atoms. The van der Waals surface area contributed by atoms with Crippen molar-refractivity contribution < 1.29 is 9.59 Å². The first kappa shape index (κ1) is 17.0. The van der Waals surface area contributed by atoms with Crippen molar-refractivity contribution in [2.45, 2.75) is 32.1 Å². The Morgan fingerprint density at radius 3 is 2.24 bits per heavy atom. The standard InChI is InChI=1S/C16H25N3O2/c1-17-14-10-8-13(9-11-14)16(21)19-12-6-4-3-5-7-15(20)18-2/h8-11,17H,3-7,12H2,1-2H3,(H,18,20)(H,19,21). The van der Waals surface area contributed by atoms with E-state index in [0.29, 0.717) is 18.5 Å². The van der Waals surface area contributed by atoms with Crippen LogP contribution in [-0.2, 0) is 4.79 Å². The van der Waals surface area contributed by atoms with Gasteiger partial charge < -0.3 is 16.0 Å². The van der Waals surface area contributed by atoms with E-state index in [4.69, 9.17) is 0 Å². The maximum absolute atomic E-state index is 11.9. The van der Waals surface area contributed by atoms with Gasteiger partial charge in [0.2, 0.25) is 5.91 Å². The summed E-state index contributed by atoms with van der Waals surface area (Å²) in [6.45, 7) is 0.673. The fraction of sp³-hybridized carbons (Fsp3) is 0.500. The average molecular weight is 291 g/mol. The summed E-state index contributed by atoms with van der Waals surface area (Å²) in [6, 6.07) is 7.39. The Balaban J connectivity index is 2.11. The number of hydrogen-bond acceptors (Lipinski definition) is 3. The molecule has 0 aromatic heterocycles. The quantitative estimate of drug-likeness (QED) is 0.611. The number of nitrogens with one attached hydrogen (secondary N) is 3. The zero-order chi connectivity index (χ0) is 15.5. The highest BCUT2D eigenvalue weighted by atomic mass is 16.2. The van der Waals surface area contributed by atoms with Gasteiger partial charge in [-0.3, -0.25) is 9.59 Å². The normalized spacial score (nSPS) is 10.0. The van der Waals surface area contributed by atoms with Crippen LogP contribution in [0.4, 0.5) is 5.69 Å². The Hall–Kier alpha value is -2.04. The molecule has 0 atom stereocenters. The molecule has 2 amide bonds. The number of anilines is 1. The third-order valence-corrected chi connectivity index (χ3v) is 3.33. The SMILES string of the molecule is CNC(=O)CCCCCCNC(=O)c1ccc(NC)cc1. The van der Waals surface area contributed by atoms with Crippen molar-refractivity contribution in [1.29, 1.82) is 0 Å². The van der Waals surface area contributed by atoms with E-state index >= 15 is 0 Å². The third-order valence-electron chi connectivity index (χ3n) is 3.33. The van der Waals surface area contributed by atoms with Crippen LogP contribution in [0.2, 0.25) is 0 Å². The molecule has 0 bridgehead atoms. The predicted molar refractivity (Wildman–Crippen MR) is 85.5 cm³/mol. The minimum absolute atomic E-state index is 0.0389. The van der Waals surface area contributed by atoms with Crippen LogP contribution in [0, 0.1) is 0 Å². The first-order valence-corrected chi connectivity index (χ1v) is 7.44. The molecule has 0 radical (unpaired) electrons. The summed E-state index contributed by atoms with van der Waals surface area (Å²) in [5, 5.41) is 8.53.